The molecule has 0 fully saturated rings. The summed E-state index contributed by atoms with van der Waals surface area (Å²) in [5, 5.41) is 0. The summed E-state index contributed by atoms with van der Waals surface area (Å²) in [5.41, 5.74) is -4.13. The molecule has 0 saturated heterocycles. The number of thioether (sulfide) groups is 1. The first kappa shape index (κ1) is 10.4. The molecule has 1 aromatic heterocycles. The van der Waals surface area contributed by atoms with Crippen LogP contribution in [0.4, 0.5) is 13.2 Å². The van der Waals surface area contributed by atoms with Crippen molar-refractivity contribution in [2.24, 2.45) is 0 Å². The van der Waals surface area contributed by atoms with Crippen molar-refractivity contribution in [2.75, 3.05) is 0 Å². The first-order chi connectivity index (χ1) is 5.47. The van der Waals surface area contributed by atoms with Crippen LogP contribution in [0.5, 0.6) is 0 Å². The van der Waals surface area contributed by atoms with Crippen LogP contribution in [-0.2, 0) is 5.75 Å². The summed E-state index contributed by atoms with van der Waals surface area (Å²) in [6.45, 7) is 0. The molecule has 6 heteroatoms. The minimum absolute atomic E-state index is 0.000231. The minimum atomic E-state index is -4.13. The smallest absolute Gasteiger partial charge is 0.160 e. The Bertz CT molecular complexity index is 256. The lowest BCUT2D eigenvalue weighted by molar-refractivity contribution is -0.0329. The summed E-state index contributed by atoms with van der Waals surface area (Å²) >= 11 is 4.49. The first-order valence-electron chi connectivity index (χ1n) is 2.92. The highest BCUT2D eigenvalue weighted by Gasteiger charge is 2.27. The maximum atomic E-state index is 11.7. The molecule has 0 bridgehead atoms. The summed E-state index contributed by atoms with van der Waals surface area (Å²) in [6.07, 6.45) is 0. The molecule has 0 N–H and O–H groups in total. The predicted molar refractivity (Wildman–Crippen MR) is 49.4 cm³/mol. The zero-order chi connectivity index (χ0) is 9.19. The van der Waals surface area contributed by atoms with Crippen LogP contribution in [0.15, 0.2) is 15.9 Å². The summed E-state index contributed by atoms with van der Waals surface area (Å²) in [7, 11) is 0. The van der Waals surface area contributed by atoms with Gasteiger partial charge in [0.2, 0.25) is 0 Å². The molecule has 1 aromatic rings. The molecular formula is C6H4BrF3S2. The Morgan fingerprint density at radius 1 is 1.42 bits per heavy atom. The Morgan fingerprint density at radius 2 is 2.08 bits per heavy atom. The molecule has 0 nitrogen and oxygen atoms in total. The third kappa shape index (κ3) is 3.82. The molecule has 1 rings (SSSR count). The van der Waals surface area contributed by atoms with Crippen LogP contribution in [-0.4, -0.2) is 5.51 Å². The number of hydrogen-bond acceptors (Lipinski definition) is 2. The lowest BCUT2D eigenvalue weighted by Gasteiger charge is -2.02. The standard InChI is InChI=1S/C6H4BrF3S2/c7-5-2-1-4(12-5)3-11-6(8,9)10/h1-2H,3H2. The van der Waals surface area contributed by atoms with Gasteiger partial charge in [-0.05, 0) is 39.8 Å². The van der Waals surface area contributed by atoms with E-state index in [0.29, 0.717) is 0 Å². The van der Waals surface area contributed by atoms with Crippen molar-refractivity contribution < 1.29 is 13.2 Å². The topological polar surface area (TPSA) is 0 Å². The number of thiophene rings is 1. The second-order valence-electron chi connectivity index (χ2n) is 1.94. The van der Waals surface area contributed by atoms with Crippen LogP contribution >= 0.6 is 39.0 Å². The van der Waals surface area contributed by atoms with Gasteiger partial charge in [-0.1, -0.05) is 0 Å². The number of halogens is 4. The van der Waals surface area contributed by atoms with E-state index < -0.39 is 5.51 Å². The first-order valence-corrected chi connectivity index (χ1v) is 5.52. The van der Waals surface area contributed by atoms with Gasteiger partial charge in [0, 0.05) is 10.6 Å². The molecule has 68 valence electrons. The monoisotopic (exact) mass is 276 g/mol. The van der Waals surface area contributed by atoms with Crippen LogP contribution in [0.3, 0.4) is 0 Å². The van der Waals surface area contributed by atoms with E-state index >= 15 is 0 Å². The third-order valence-electron chi connectivity index (χ3n) is 1.01. The van der Waals surface area contributed by atoms with Gasteiger partial charge in [0.15, 0.2) is 0 Å². The van der Waals surface area contributed by atoms with Crippen LogP contribution in [0.2, 0.25) is 0 Å². The molecule has 0 radical (unpaired) electrons. The summed E-state index contributed by atoms with van der Waals surface area (Å²) in [5.74, 6) is -0.000231. The Morgan fingerprint density at radius 3 is 2.50 bits per heavy atom. The van der Waals surface area contributed by atoms with Gasteiger partial charge < -0.3 is 0 Å². The maximum absolute atomic E-state index is 11.7. The molecule has 0 saturated carbocycles. The third-order valence-corrected chi connectivity index (χ3v) is 3.60. The molecule has 0 aliphatic carbocycles. The highest BCUT2D eigenvalue weighted by Crippen LogP contribution is 2.35. The van der Waals surface area contributed by atoms with Crippen LogP contribution < -0.4 is 0 Å². The lowest BCUT2D eigenvalue weighted by Crippen LogP contribution is -1.99. The largest absolute Gasteiger partial charge is 0.442 e. The molecule has 0 aliphatic heterocycles. The quantitative estimate of drug-likeness (QED) is 0.778. The van der Waals surface area contributed by atoms with E-state index in [-0.39, 0.29) is 17.5 Å². The van der Waals surface area contributed by atoms with Gasteiger partial charge in [-0.25, -0.2) is 0 Å². The van der Waals surface area contributed by atoms with Gasteiger partial charge in [0.25, 0.3) is 0 Å². The molecule has 0 spiro atoms. The highest BCUT2D eigenvalue weighted by molar-refractivity contribution is 9.11. The highest BCUT2D eigenvalue weighted by atomic mass is 79.9. The van der Waals surface area contributed by atoms with Crippen molar-refractivity contribution in [3.05, 3.63) is 20.8 Å². The zero-order valence-corrected chi connectivity index (χ0v) is 8.91. The van der Waals surface area contributed by atoms with E-state index in [4.69, 9.17) is 0 Å². The second kappa shape index (κ2) is 4.02. The average Bonchev–Trinajstić information content (AvgIpc) is 2.30. The van der Waals surface area contributed by atoms with Crippen molar-refractivity contribution in [1.82, 2.24) is 0 Å². The summed E-state index contributed by atoms with van der Waals surface area (Å²) in [4.78, 5) is 0.726. The van der Waals surface area contributed by atoms with Crippen molar-refractivity contribution >= 4 is 39.0 Å². The van der Waals surface area contributed by atoms with Crippen molar-refractivity contribution in [3.8, 4) is 0 Å². The molecule has 12 heavy (non-hydrogen) atoms. The number of hydrogen-bond donors (Lipinski definition) is 0. The van der Waals surface area contributed by atoms with Crippen molar-refractivity contribution in [1.29, 1.82) is 0 Å². The zero-order valence-electron chi connectivity index (χ0n) is 5.69. The Kier molecular flexibility index (Phi) is 3.48. The average molecular weight is 277 g/mol. The molecule has 0 aromatic carbocycles. The van der Waals surface area contributed by atoms with Crippen LogP contribution in [0, 0.1) is 0 Å². The summed E-state index contributed by atoms with van der Waals surface area (Å²) in [6, 6.07) is 3.43. The minimum Gasteiger partial charge on any atom is -0.160 e. The predicted octanol–water partition coefficient (Wildman–Crippen LogP) is 4.26. The molecular weight excluding hydrogens is 273 g/mol. The number of rotatable bonds is 2. The Balaban J connectivity index is 2.44. The fraction of sp³-hybridized carbons (Fsp3) is 0.333. The Hall–Kier alpha value is 0.320. The van der Waals surface area contributed by atoms with E-state index in [1.54, 1.807) is 12.1 Å². The second-order valence-corrected chi connectivity index (χ2v) is 5.53. The fourth-order valence-corrected chi connectivity index (χ4v) is 2.68. The SMILES string of the molecule is FC(F)(F)SCc1ccc(Br)s1. The van der Waals surface area contributed by atoms with E-state index in [1.165, 1.54) is 11.3 Å². The van der Waals surface area contributed by atoms with Gasteiger partial charge in [-0.15, -0.1) is 11.3 Å². The summed E-state index contributed by atoms with van der Waals surface area (Å²) < 4.78 is 36.0. The van der Waals surface area contributed by atoms with E-state index in [9.17, 15) is 13.2 Å². The molecule has 0 atom stereocenters. The normalized spacial score (nSPS) is 12.0. The van der Waals surface area contributed by atoms with Gasteiger partial charge in [0.05, 0.1) is 3.79 Å². The van der Waals surface area contributed by atoms with Gasteiger partial charge in [0.1, 0.15) is 0 Å². The van der Waals surface area contributed by atoms with Crippen molar-refractivity contribution in [3.63, 3.8) is 0 Å². The molecule has 0 aliphatic rings. The van der Waals surface area contributed by atoms with Gasteiger partial charge in [-0.3, -0.25) is 0 Å². The lowest BCUT2D eigenvalue weighted by atomic mass is 10.5. The molecule has 0 amide bonds. The molecule has 0 unspecified atom stereocenters. The fourth-order valence-electron chi connectivity index (χ4n) is 0.582. The van der Waals surface area contributed by atoms with E-state index in [1.807, 2.05) is 0 Å². The van der Waals surface area contributed by atoms with E-state index in [0.717, 1.165) is 8.66 Å². The maximum Gasteiger partial charge on any atom is 0.442 e. The van der Waals surface area contributed by atoms with Gasteiger partial charge >= 0.3 is 5.51 Å². The van der Waals surface area contributed by atoms with Gasteiger partial charge in [-0.2, -0.15) is 13.2 Å². The Labute approximate surface area is 84.3 Å². The van der Waals surface area contributed by atoms with E-state index in [2.05, 4.69) is 15.9 Å². The molecule has 1 heterocycles. The van der Waals surface area contributed by atoms with Crippen LogP contribution in [0.25, 0.3) is 0 Å². The van der Waals surface area contributed by atoms with Crippen LogP contribution in [0.1, 0.15) is 4.88 Å². The van der Waals surface area contributed by atoms with Crippen molar-refractivity contribution in [2.45, 2.75) is 11.3 Å². The number of alkyl halides is 3.